The maximum absolute atomic E-state index is 15.5. The summed E-state index contributed by atoms with van der Waals surface area (Å²) in [5, 5.41) is 0. The van der Waals surface area contributed by atoms with Crippen LogP contribution < -0.4 is 14.2 Å². The van der Waals surface area contributed by atoms with Gasteiger partial charge in [-0.25, -0.2) is 13.6 Å². The Morgan fingerprint density at radius 1 is 0.800 bits per heavy atom. The summed E-state index contributed by atoms with van der Waals surface area (Å²) >= 11 is 0. The van der Waals surface area contributed by atoms with Gasteiger partial charge in [0, 0.05) is 19.8 Å². The van der Waals surface area contributed by atoms with E-state index in [0.717, 1.165) is 12.1 Å². The van der Waals surface area contributed by atoms with E-state index >= 15 is 17.6 Å². The van der Waals surface area contributed by atoms with Gasteiger partial charge in [0.25, 0.3) is 0 Å². The molecule has 3 aromatic rings. The van der Waals surface area contributed by atoms with Crippen LogP contribution in [0.1, 0.15) is 27.0 Å². The number of fused-ring (bicyclic) bond motifs is 6. The van der Waals surface area contributed by atoms with E-state index in [1.165, 1.54) is 26.4 Å². The van der Waals surface area contributed by atoms with E-state index in [1.807, 2.05) is 0 Å². The lowest BCUT2D eigenvalue weighted by atomic mass is 9.77. The SMILES string of the molecule is COCOc1c(F)cc2c(c1F)Oc1c(cc(F)c(OCOC)c1F)C21OC(=O)c2ccccc21. The summed E-state index contributed by atoms with van der Waals surface area (Å²) < 4.78 is 91.6. The van der Waals surface area contributed by atoms with Crippen molar-refractivity contribution in [2.45, 2.75) is 5.60 Å². The first kappa shape index (κ1) is 22.9. The largest absolute Gasteiger partial charge is 0.461 e. The van der Waals surface area contributed by atoms with Crippen molar-refractivity contribution < 1.29 is 50.8 Å². The average molecular weight is 492 g/mol. The third-order valence-corrected chi connectivity index (χ3v) is 5.64. The highest BCUT2D eigenvalue weighted by Crippen LogP contribution is 2.59. The Balaban J connectivity index is 1.85. The predicted octanol–water partition coefficient (Wildman–Crippen LogP) is 4.78. The van der Waals surface area contributed by atoms with Gasteiger partial charge in [-0.1, -0.05) is 18.2 Å². The lowest BCUT2D eigenvalue weighted by Gasteiger charge is -2.37. The van der Waals surface area contributed by atoms with Crippen LogP contribution in [0.5, 0.6) is 23.0 Å². The van der Waals surface area contributed by atoms with Crippen molar-refractivity contribution in [1.29, 1.82) is 0 Å². The zero-order chi connectivity index (χ0) is 24.9. The van der Waals surface area contributed by atoms with Crippen molar-refractivity contribution in [2.24, 2.45) is 0 Å². The van der Waals surface area contributed by atoms with Gasteiger partial charge in [-0.05, 0) is 18.2 Å². The molecule has 0 N–H and O–H groups in total. The van der Waals surface area contributed by atoms with Crippen molar-refractivity contribution in [3.05, 3.63) is 81.9 Å². The van der Waals surface area contributed by atoms with Gasteiger partial charge in [0.2, 0.25) is 11.6 Å². The lowest BCUT2D eigenvalue weighted by Crippen LogP contribution is -2.34. The standard InChI is InChI=1S/C24H16F4O7/c1-30-9-32-21-15(25)7-13-19(17(21)27)34-20-14(8-16(26)22(18(20)28)33-10-31-2)24(13)12-6-4-3-5-11(12)23(29)35-24/h3-8H,9-10H2,1-2H3. The molecule has 5 rings (SSSR count). The maximum atomic E-state index is 15.5. The molecule has 35 heavy (non-hydrogen) atoms. The van der Waals surface area contributed by atoms with Gasteiger partial charge in [0.15, 0.2) is 53.8 Å². The third kappa shape index (κ3) is 3.22. The van der Waals surface area contributed by atoms with Crippen molar-refractivity contribution in [2.75, 3.05) is 27.8 Å². The molecule has 182 valence electrons. The number of esters is 1. The van der Waals surface area contributed by atoms with E-state index in [0.29, 0.717) is 0 Å². The summed E-state index contributed by atoms with van der Waals surface area (Å²) in [5.74, 6) is -8.98. The Bertz CT molecular complexity index is 1290. The van der Waals surface area contributed by atoms with E-state index in [-0.39, 0.29) is 22.3 Å². The molecule has 0 bridgehead atoms. The first-order valence-corrected chi connectivity index (χ1v) is 10.1. The summed E-state index contributed by atoms with van der Waals surface area (Å²) in [7, 11) is 2.49. The maximum Gasteiger partial charge on any atom is 0.340 e. The number of hydrogen-bond acceptors (Lipinski definition) is 7. The van der Waals surface area contributed by atoms with Crippen LogP contribution in [0.15, 0.2) is 36.4 Å². The van der Waals surface area contributed by atoms with Gasteiger partial charge in [-0.3, -0.25) is 0 Å². The molecule has 0 radical (unpaired) electrons. The highest BCUT2D eigenvalue weighted by Gasteiger charge is 2.56. The van der Waals surface area contributed by atoms with Crippen LogP contribution in [0.2, 0.25) is 0 Å². The molecular formula is C24H16F4O7. The van der Waals surface area contributed by atoms with Gasteiger partial charge in [0.1, 0.15) is 0 Å². The molecule has 0 aliphatic carbocycles. The van der Waals surface area contributed by atoms with Crippen LogP contribution in [0.4, 0.5) is 17.6 Å². The monoisotopic (exact) mass is 492 g/mol. The van der Waals surface area contributed by atoms with E-state index in [1.54, 1.807) is 12.1 Å². The van der Waals surface area contributed by atoms with E-state index in [9.17, 15) is 4.79 Å². The summed E-state index contributed by atoms with van der Waals surface area (Å²) in [4.78, 5) is 12.8. The van der Waals surface area contributed by atoms with Crippen molar-refractivity contribution >= 4 is 5.97 Å². The summed E-state index contributed by atoms with van der Waals surface area (Å²) in [6, 6.07) is 7.62. The smallest absolute Gasteiger partial charge is 0.340 e. The fourth-order valence-electron chi connectivity index (χ4n) is 4.26. The molecule has 0 atom stereocenters. The van der Waals surface area contributed by atoms with Gasteiger partial charge in [-0.15, -0.1) is 0 Å². The van der Waals surface area contributed by atoms with Crippen LogP contribution in [0.25, 0.3) is 0 Å². The average Bonchev–Trinajstić information content (AvgIpc) is 3.14. The second-order valence-corrected chi connectivity index (χ2v) is 7.58. The van der Waals surface area contributed by atoms with Gasteiger partial charge >= 0.3 is 5.97 Å². The molecule has 2 aliphatic rings. The predicted molar refractivity (Wildman–Crippen MR) is 110 cm³/mol. The number of benzene rings is 3. The number of halogens is 4. The molecule has 2 aliphatic heterocycles. The number of rotatable bonds is 6. The third-order valence-electron chi connectivity index (χ3n) is 5.64. The molecule has 2 heterocycles. The van der Waals surface area contributed by atoms with Crippen LogP contribution in [0, 0.1) is 23.3 Å². The topological polar surface area (TPSA) is 72.5 Å². The molecule has 0 unspecified atom stereocenters. The highest BCUT2D eigenvalue weighted by molar-refractivity contribution is 5.97. The minimum Gasteiger partial charge on any atom is -0.461 e. The minimum absolute atomic E-state index is 0.0485. The fourth-order valence-corrected chi connectivity index (χ4v) is 4.26. The molecule has 11 heteroatoms. The summed E-state index contributed by atoms with van der Waals surface area (Å²) in [5.41, 5.74) is -2.61. The zero-order valence-corrected chi connectivity index (χ0v) is 18.2. The Labute approximate surface area is 195 Å². The van der Waals surface area contributed by atoms with E-state index < -0.39 is 71.4 Å². The Hall–Kier alpha value is -3.83. The van der Waals surface area contributed by atoms with Gasteiger partial charge < -0.3 is 28.4 Å². The second-order valence-electron chi connectivity index (χ2n) is 7.58. The van der Waals surface area contributed by atoms with Crippen LogP contribution in [0.3, 0.4) is 0 Å². The van der Waals surface area contributed by atoms with Gasteiger partial charge in [0.05, 0.1) is 16.7 Å². The Morgan fingerprint density at radius 2 is 1.31 bits per heavy atom. The lowest BCUT2D eigenvalue weighted by molar-refractivity contribution is 0.0207. The number of carbonyl (C=O) groups is 1. The van der Waals surface area contributed by atoms with Crippen molar-refractivity contribution in [3.8, 4) is 23.0 Å². The number of carbonyl (C=O) groups excluding carboxylic acids is 1. The van der Waals surface area contributed by atoms with Crippen LogP contribution in [-0.4, -0.2) is 33.8 Å². The van der Waals surface area contributed by atoms with E-state index in [2.05, 4.69) is 0 Å². The number of ether oxygens (including phenoxy) is 6. The molecule has 3 aromatic carbocycles. The van der Waals surface area contributed by atoms with Crippen molar-refractivity contribution in [1.82, 2.24) is 0 Å². The first-order chi connectivity index (χ1) is 16.8. The molecular weight excluding hydrogens is 476 g/mol. The minimum atomic E-state index is -2.13. The second kappa shape index (κ2) is 8.43. The molecule has 0 saturated carbocycles. The van der Waals surface area contributed by atoms with E-state index in [4.69, 9.17) is 28.4 Å². The Morgan fingerprint density at radius 3 is 1.83 bits per heavy atom. The summed E-state index contributed by atoms with van der Waals surface area (Å²) in [6.45, 7) is -0.999. The van der Waals surface area contributed by atoms with Crippen LogP contribution >= 0.6 is 0 Å². The zero-order valence-electron chi connectivity index (χ0n) is 18.2. The molecule has 0 saturated heterocycles. The molecule has 1 spiro atoms. The van der Waals surface area contributed by atoms with Gasteiger partial charge in [-0.2, -0.15) is 8.78 Å². The number of hydrogen-bond donors (Lipinski definition) is 0. The first-order valence-electron chi connectivity index (χ1n) is 10.1. The van der Waals surface area contributed by atoms with Crippen LogP contribution in [-0.2, 0) is 19.8 Å². The quantitative estimate of drug-likeness (QED) is 0.279. The van der Waals surface area contributed by atoms with Crippen molar-refractivity contribution in [3.63, 3.8) is 0 Å². The molecule has 7 nitrogen and oxygen atoms in total. The summed E-state index contributed by atoms with van der Waals surface area (Å²) in [6.07, 6.45) is 0. The molecule has 0 fully saturated rings. The molecule has 0 aromatic heterocycles. The Kier molecular flexibility index (Phi) is 5.53. The normalized spacial score (nSPS) is 14.6. The number of methoxy groups -OCH3 is 2. The molecule has 0 amide bonds. The fraction of sp³-hybridized carbons (Fsp3) is 0.208. The highest BCUT2D eigenvalue weighted by atomic mass is 19.1.